The van der Waals surface area contributed by atoms with E-state index < -0.39 is 0 Å². The quantitative estimate of drug-likeness (QED) is 0.776. The summed E-state index contributed by atoms with van der Waals surface area (Å²) in [6, 6.07) is 10.1. The number of fused-ring (bicyclic) bond motifs is 1. The second-order valence-electron chi connectivity index (χ2n) is 4.55. The van der Waals surface area contributed by atoms with Crippen LogP contribution in [-0.4, -0.2) is 9.97 Å². The van der Waals surface area contributed by atoms with E-state index in [4.69, 9.17) is 4.42 Å². The fourth-order valence-corrected chi connectivity index (χ4v) is 2.11. The largest absolute Gasteiger partial charge is 0.444 e. The summed E-state index contributed by atoms with van der Waals surface area (Å²) in [6.07, 6.45) is 1.73. The molecule has 2 heterocycles. The molecule has 0 aliphatic carbocycles. The molecule has 0 saturated carbocycles. The van der Waals surface area contributed by atoms with Crippen LogP contribution in [0.1, 0.15) is 17.3 Å². The Balaban J connectivity index is 1.91. The number of rotatable bonds is 3. The van der Waals surface area contributed by atoms with E-state index in [9.17, 15) is 0 Å². The van der Waals surface area contributed by atoms with Crippen molar-refractivity contribution in [1.82, 2.24) is 9.97 Å². The molecule has 2 aromatic heterocycles. The fraction of sp³-hybridized carbons (Fsp3) is 0.200. The summed E-state index contributed by atoms with van der Waals surface area (Å²) in [5, 5.41) is 4.47. The van der Waals surface area contributed by atoms with Gasteiger partial charge in [0, 0.05) is 16.8 Å². The maximum absolute atomic E-state index is 5.46. The van der Waals surface area contributed by atoms with Crippen molar-refractivity contribution in [2.75, 3.05) is 5.32 Å². The third kappa shape index (κ3) is 2.42. The molecular weight excluding hydrogens is 238 g/mol. The van der Waals surface area contributed by atoms with Gasteiger partial charge in [-0.25, -0.2) is 4.98 Å². The van der Waals surface area contributed by atoms with Crippen molar-refractivity contribution in [3.63, 3.8) is 0 Å². The minimum atomic E-state index is 0.571. The molecule has 0 radical (unpaired) electrons. The summed E-state index contributed by atoms with van der Waals surface area (Å²) in [5.41, 5.74) is 3.04. The highest BCUT2D eigenvalue weighted by Gasteiger charge is 2.05. The lowest BCUT2D eigenvalue weighted by Gasteiger charge is -2.09. The zero-order valence-corrected chi connectivity index (χ0v) is 11.0. The normalized spacial score (nSPS) is 10.8. The van der Waals surface area contributed by atoms with Crippen LogP contribution < -0.4 is 5.32 Å². The van der Waals surface area contributed by atoms with Crippen LogP contribution in [0.15, 0.2) is 40.9 Å². The topological polar surface area (TPSA) is 51.0 Å². The zero-order valence-electron chi connectivity index (χ0n) is 11.0. The number of oxazole rings is 1. The molecule has 0 saturated heterocycles. The third-order valence-corrected chi connectivity index (χ3v) is 2.94. The number of para-hydroxylation sites is 1. The van der Waals surface area contributed by atoms with Crippen molar-refractivity contribution >= 4 is 16.6 Å². The summed E-state index contributed by atoms with van der Waals surface area (Å²) in [7, 11) is 0. The minimum absolute atomic E-state index is 0.571. The van der Waals surface area contributed by atoms with Gasteiger partial charge in [-0.15, -0.1) is 0 Å². The minimum Gasteiger partial charge on any atom is -0.444 e. The molecule has 0 spiro atoms. The van der Waals surface area contributed by atoms with Gasteiger partial charge in [0.2, 0.25) is 5.89 Å². The SMILES string of the molecule is Cc1cc(NCc2ncc(C)o2)c2ccccc2n1. The summed E-state index contributed by atoms with van der Waals surface area (Å²) >= 11 is 0. The Bertz CT molecular complexity index is 718. The van der Waals surface area contributed by atoms with Crippen molar-refractivity contribution < 1.29 is 4.42 Å². The third-order valence-electron chi connectivity index (χ3n) is 2.94. The first-order valence-corrected chi connectivity index (χ1v) is 6.24. The van der Waals surface area contributed by atoms with E-state index in [2.05, 4.69) is 21.4 Å². The standard InChI is InChI=1S/C15H15N3O/c1-10-7-14(12-5-3-4-6-13(12)18-10)16-9-15-17-8-11(2)19-15/h3-8H,9H2,1-2H3,(H,16,18). The lowest BCUT2D eigenvalue weighted by atomic mass is 10.1. The number of pyridine rings is 1. The van der Waals surface area contributed by atoms with Crippen molar-refractivity contribution in [1.29, 1.82) is 0 Å². The number of nitrogens with zero attached hydrogens (tertiary/aromatic N) is 2. The lowest BCUT2D eigenvalue weighted by Crippen LogP contribution is -2.01. The summed E-state index contributed by atoms with van der Waals surface area (Å²) in [4.78, 5) is 8.70. The maximum atomic E-state index is 5.46. The maximum Gasteiger partial charge on any atom is 0.213 e. The molecule has 4 heteroatoms. The van der Waals surface area contributed by atoms with Crippen LogP contribution in [0.3, 0.4) is 0 Å². The van der Waals surface area contributed by atoms with Gasteiger partial charge in [0.15, 0.2) is 0 Å². The Kier molecular flexibility index (Phi) is 2.91. The number of hydrogen-bond acceptors (Lipinski definition) is 4. The Morgan fingerprint density at radius 2 is 2.05 bits per heavy atom. The Morgan fingerprint density at radius 3 is 2.84 bits per heavy atom. The number of aryl methyl sites for hydroxylation is 2. The molecule has 96 valence electrons. The van der Waals surface area contributed by atoms with Gasteiger partial charge in [-0.2, -0.15) is 0 Å². The van der Waals surface area contributed by atoms with Crippen molar-refractivity contribution in [3.05, 3.63) is 53.9 Å². The predicted octanol–water partition coefficient (Wildman–Crippen LogP) is 3.45. The first-order valence-electron chi connectivity index (χ1n) is 6.24. The van der Waals surface area contributed by atoms with Crippen molar-refractivity contribution in [2.24, 2.45) is 0 Å². The first-order chi connectivity index (χ1) is 9.22. The van der Waals surface area contributed by atoms with Gasteiger partial charge in [0.25, 0.3) is 0 Å². The molecular formula is C15H15N3O. The zero-order chi connectivity index (χ0) is 13.2. The number of aromatic nitrogens is 2. The highest BCUT2D eigenvalue weighted by molar-refractivity contribution is 5.91. The highest BCUT2D eigenvalue weighted by atomic mass is 16.4. The molecule has 0 unspecified atom stereocenters. The molecule has 3 rings (SSSR count). The molecule has 0 fully saturated rings. The smallest absolute Gasteiger partial charge is 0.213 e. The van der Waals surface area contributed by atoms with Gasteiger partial charge in [-0.1, -0.05) is 18.2 Å². The molecule has 0 aliphatic heterocycles. The van der Waals surface area contributed by atoms with Crippen LogP contribution in [0.4, 0.5) is 5.69 Å². The van der Waals surface area contributed by atoms with Crippen LogP contribution >= 0.6 is 0 Å². The van der Waals surface area contributed by atoms with Gasteiger partial charge >= 0.3 is 0 Å². The molecule has 3 aromatic rings. The average molecular weight is 253 g/mol. The lowest BCUT2D eigenvalue weighted by molar-refractivity contribution is 0.479. The molecule has 0 amide bonds. The summed E-state index contributed by atoms with van der Waals surface area (Å²) in [5.74, 6) is 1.52. The van der Waals surface area contributed by atoms with Crippen LogP contribution in [0, 0.1) is 13.8 Å². The molecule has 19 heavy (non-hydrogen) atoms. The Morgan fingerprint density at radius 1 is 1.21 bits per heavy atom. The summed E-state index contributed by atoms with van der Waals surface area (Å²) in [6.45, 7) is 4.46. The van der Waals surface area contributed by atoms with Crippen LogP contribution in [0.5, 0.6) is 0 Å². The van der Waals surface area contributed by atoms with E-state index in [1.165, 1.54) is 0 Å². The van der Waals surface area contributed by atoms with Crippen LogP contribution in [-0.2, 0) is 6.54 Å². The Labute approximate surface area is 111 Å². The first kappa shape index (κ1) is 11.7. The van der Waals surface area contributed by atoms with Gasteiger partial charge in [-0.3, -0.25) is 4.98 Å². The molecule has 1 aromatic carbocycles. The van der Waals surface area contributed by atoms with Gasteiger partial charge < -0.3 is 9.73 Å². The molecule has 0 bridgehead atoms. The van der Waals surface area contributed by atoms with E-state index in [0.29, 0.717) is 12.4 Å². The van der Waals surface area contributed by atoms with Crippen molar-refractivity contribution in [3.8, 4) is 0 Å². The monoisotopic (exact) mass is 253 g/mol. The van der Waals surface area contributed by atoms with Crippen LogP contribution in [0.2, 0.25) is 0 Å². The fourth-order valence-electron chi connectivity index (χ4n) is 2.11. The van der Waals surface area contributed by atoms with E-state index in [1.807, 2.05) is 38.1 Å². The van der Waals surface area contributed by atoms with Gasteiger partial charge in [-0.05, 0) is 26.0 Å². The van der Waals surface area contributed by atoms with E-state index in [1.54, 1.807) is 6.20 Å². The van der Waals surface area contributed by atoms with Gasteiger partial charge in [0.1, 0.15) is 5.76 Å². The average Bonchev–Trinajstić information content (AvgIpc) is 2.81. The predicted molar refractivity (Wildman–Crippen MR) is 75.0 cm³/mol. The van der Waals surface area contributed by atoms with E-state index in [-0.39, 0.29) is 0 Å². The number of anilines is 1. The molecule has 1 N–H and O–H groups in total. The molecule has 0 aliphatic rings. The number of benzene rings is 1. The number of hydrogen-bond donors (Lipinski definition) is 1. The molecule has 4 nitrogen and oxygen atoms in total. The summed E-state index contributed by atoms with van der Waals surface area (Å²) < 4.78 is 5.46. The van der Waals surface area contributed by atoms with E-state index >= 15 is 0 Å². The highest BCUT2D eigenvalue weighted by Crippen LogP contribution is 2.23. The second-order valence-corrected chi connectivity index (χ2v) is 4.55. The van der Waals surface area contributed by atoms with Crippen molar-refractivity contribution in [2.45, 2.75) is 20.4 Å². The van der Waals surface area contributed by atoms with E-state index in [0.717, 1.165) is 28.0 Å². The number of nitrogens with one attached hydrogen (secondary N) is 1. The second kappa shape index (κ2) is 4.72. The van der Waals surface area contributed by atoms with Crippen LogP contribution in [0.25, 0.3) is 10.9 Å². The molecule has 0 atom stereocenters. The van der Waals surface area contributed by atoms with Gasteiger partial charge in [0.05, 0.1) is 18.3 Å². The Hall–Kier alpha value is -2.36.